The lowest BCUT2D eigenvalue weighted by Crippen LogP contribution is -2.28. The SMILES string of the molecule is Cc1ccccc1C(=O)NCCn1ncc2c(N3CCCCCC3)ncnc21. The standard InChI is InChI=1S/C21H26N6O/c1-16-8-4-5-9-17(16)21(28)22-10-13-27-20-18(14-25-27)19(23-15-24-20)26-11-6-2-3-7-12-26/h4-5,8-9,14-15H,2-3,6-7,10-13H2,1H3,(H,22,28). The highest BCUT2D eigenvalue weighted by Crippen LogP contribution is 2.25. The summed E-state index contributed by atoms with van der Waals surface area (Å²) in [6.07, 6.45) is 8.43. The van der Waals surface area contributed by atoms with Crippen LogP contribution in [0.15, 0.2) is 36.8 Å². The summed E-state index contributed by atoms with van der Waals surface area (Å²) in [6.45, 7) is 5.06. The van der Waals surface area contributed by atoms with Gasteiger partial charge in [-0.05, 0) is 31.4 Å². The maximum absolute atomic E-state index is 12.4. The van der Waals surface area contributed by atoms with Crippen molar-refractivity contribution in [2.45, 2.75) is 39.2 Å². The van der Waals surface area contributed by atoms with Crippen LogP contribution in [0, 0.1) is 6.92 Å². The van der Waals surface area contributed by atoms with E-state index in [9.17, 15) is 4.79 Å². The third-order valence-corrected chi connectivity index (χ3v) is 5.32. The van der Waals surface area contributed by atoms with Crippen LogP contribution in [0.25, 0.3) is 11.0 Å². The number of amides is 1. The summed E-state index contributed by atoms with van der Waals surface area (Å²) in [6, 6.07) is 7.60. The average Bonchev–Trinajstić information content (AvgIpc) is 2.94. The summed E-state index contributed by atoms with van der Waals surface area (Å²) in [5, 5.41) is 8.45. The monoisotopic (exact) mass is 378 g/mol. The van der Waals surface area contributed by atoms with Crippen LogP contribution in [-0.4, -0.2) is 45.3 Å². The molecular weight excluding hydrogens is 352 g/mol. The first-order chi connectivity index (χ1) is 13.7. The Morgan fingerprint density at radius 2 is 1.89 bits per heavy atom. The average molecular weight is 378 g/mol. The normalized spacial score (nSPS) is 14.8. The van der Waals surface area contributed by atoms with Crippen molar-refractivity contribution in [1.29, 1.82) is 0 Å². The van der Waals surface area contributed by atoms with Gasteiger partial charge in [0.05, 0.1) is 18.1 Å². The zero-order valence-corrected chi connectivity index (χ0v) is 16.3. The fourth-order valence-corrected chi connectivity index (χ4v) is 3.78. The van der Waals surface area contributed by atoms with Crippen molar-refractivity contribution in [3.63, 3.8) is 0 Å². The number of aromatic nitrogens is 4. The van der Waals surface area contributed by atoms with Crippen molar-refractivity contribution in [2.75, 3.05) is 24.5 Å². The summed E-state index contributed by atoms with van der Waals surface area (Å²) in [4.78, 5) is 23.7. The molecule has 0 radical (unpaired) electrons. The summed E-state index contributed by atoms with van der Waals surface area (Å²) in [7, 11) is 0. The minimum atomic E-state index is -0.0607. The van der Waals surface area contributed by atoms with Crippen molar-refractivity contribution in [3.05, 3.63) is 47.9 Å². The molecule has 1 N–H and O–H groups in total. The third kappa shape index (κ3) is 3.83. The predicted molar refractivity (Wildman–Crippen MR) is 110 cm³/mol. The molecule has 28 heavy (non-hydrogen) atoms. The maximum Gasteiger partial charge on any atom is 0.251 e. The summed E-state index contributed by atoms with van der Waals surface area (Å²) < 4.78 is 1.84. The van der Waals surface area contributed by atoms with Crippen LogP contribution in [0.1, 0.15) is 41.6 Å². The Hall–Kier alpha value is -2.96. The molecule has 1 amide bonds. The first-order valence-corrected chi connectivity index (χ1v) is 9.99. The first kappa shape index (κ1) is 18.4. The highest BCUT2D eigenvalue weighted by molar-refractivity contribution is 5.95. The van der Waals surface area contributed by atoms with Gasteiger partial charge in [-0.1, -0.05) is 31.0 Å². The second-order valence-corrected chi connectivity index (χ2v) is 7.27. The molecule has 7 heteroatoms. The molecule has 0 aliphatic carbocycles. The Kier molecular flexibility index (Phi) is 5.50. The van der Waals surface area contributed by atoms with Gasteiger partial charge in [-0.15, -0.1) is 0 Å². The highest BCUT2D eigenvalue weighted by atomic mass is 16.1. The van der Waals surface area contributed by atoms with E-state index in [1.165, 1.54) is 25.7 Å². The van der Waals surface area contributed by atoms with E-state index < -0.39 is 0 Å². The second kappa shape index (κ2) is 8.37. The van der Waals surface area contributed by atoms with Gasteiger partial charge in [-0.25, -0.2) is 14.6 Å². The van der Waals surface area contributed by atoms with E-state index in [0.29, 0.717) is 18.7 Å². The Labute approximate surface area is 164 Å². The lowest BCUT2D eigenvalue weighted by molar-refractivity contribution is 0.0951. The smallest absolute Gasteiger partial charge is 0.251 e. The molecule has 0 spiro atoms. The second-order valence-electron chi connectivity index (χ2n) is 7.27. The minimum absolute atomic E-state index is 0.0607. The molecular formula is C21H26N6O. The molecule has 4 rings (SSSR count). The van der Waals surface area contributed by atoms with Crippen LogP contribution in [0.4, 0.5) is 5.82 Å². The molecule has 0 unspecified atom stereocenters. The third-order valence-electron chi connectivity index (χ3n) is 5.32. The van der Waals surface area contributed by atoms with Crippen LogP contribution in [0.5, 0.6) is 0 Å². The van der Waals surface area contributed by atoms with Gasteiger partial charge in [0.25, 0.3) is 5.91 Å². The lowest BCUT2D eigenvalue weighted by atomic mass is 10.1. The molecule has 1 aliphatic rings. The van der Waals surface area contributed by atoms with Crippen molar-refractivity contribution < 1.29 is 4.79 Å². The number of nitrogens with one attached hydrogen (secondary N) is 1. The van der Waals surface area contributed by atoms with E-state index in [0.717, 1.165) is 35.5 Å². The topological polar surface area (TPSA) is 75.9 Å². The van der Waals surface area contributed by atoms with Gasteiger partial charge < -0.3 is 10.2 Å². The quantitative estimate of drug-likeness (QED) is 0.739. The molecule has 7 nitrogen and oxygen atoms in total. The van der Waals surface area contributed by atoms with E-state index >= 15 is 0 Å². The number of hydrogen-bond acceptors (Lipinski definition) is 5. The molecule has 3 aromatic rings. The summed E-state index contributed by atoms with van der Waals surface area (Å²) in [5.41, 5.74) is 2.50. The van der Waals surface area contributed by atoms with E-state index in [4.69, 9.17) is 0 Å². The molecule has 146 valence electrons. The minimum Gasteiger partial charge on any atom is -0.356 e. The fraction of sp³-hybridized carbons (Fsp3) is 0.429. The Bertz CT molecular complexity index is 958. The van der Waals surface area contributed by atoms with E-state index in [1.807, 2.05) is 42.1 Å². The number of carbonyl (C=O) groups excluding carboxylic acids is 1. The number of rotatable bonds is 5. The molecule has 1 saturated heterocycles. The molecule has 1 aliphatic heterocycles. The van der Waals surface area contributed by atoms with Crippen LogP contribution in [-0.2, 0) is 6.54 Å². The number of anilines is 1. The number of carbonyl (C=O) groups is 1. The number of fused-ring (bicyclic) bond motifs is 1. The van der Waals surface area contributed by atoms with Gasteiger partial charge in [0.1, 0.15) is 12.1 Å². The highest BCUT2D eigenvalue weighted by Gasteiger charge is 2.17. The van der Waals surface area contributed by atoms with Crippen LogP contribution >= 0.6 is 0 Å². The molecule has 0 atom stereocenters. The largest absolute Gasteiger partial charge is 0.356 e. The first-order valence-electron chi connectivity index (χ1n) is 9.99. The molecule has 2 aromatic heterocycles. The Balaban J connectivity index is 1.45. The van der Waals surface area contributed by atoms with E-state index in [1.54, 1.807) is 6.33 Å². The molecule has 1 fully saturated rings. The number of hydrogen-bond donors (Lipinski definition) is 1. The zero-order chi connectivity index (χ0) is 19.3. The van der Waals surface area contributed by atoms with E-state index in [-0.39, 0.29) is 5.91 Å². The van der Waals surface area contributed by atoms with Crippen molar-refractivity contribution in [3.8, 4) is 0 Å². The molecule has 3 heterocycles. The predicted octanol–water partition coefficient (Wildman–Crippen LogP) is 2.95. The van der Waals surface area contributed by atoms with Gasteiger partial charge in [-0.3, -0.25) is 4.79 Å². The van der Waals surface area contributed by atoms with Crippen LogP contribution < -0.4 is 10.2 Å². The Morgan fingerprint density at radius 1 is 1.11 bits per heavy atom. The Morgan fingerprint density at radius 3 is 2.68 bits per heavy atom. The van der Waals surface area contributed by atoms with Gasteiger partial charge in [0.2, 0.25) is 0 Å². The van der Waals surface area contributed by atoms with Crippen LogP contribution in [0.2, 0.25) is 0 Å². The maximum atomic E-state index is 12.4. The zero-order valence-electron chi connectivity index (χ0n) is 16.3. The van der Waals surface area contributed by atoms with Crippen LogP contribution in [0.3, 0.4) is 0 Å². The number of aryl methyl sites for hydroxylation is 1. The van der Waals surface area contributed by atoms with Gasteiger partial charge in [-0.2, -0.15) is 5.10 Å². The van der Waals surface area contributed by atoms with Gasteiger partial charge >= 0.3 is 0 Å². The van der Waals surface area contributed by atoms with Crippen molar-refractivity contribution in [2.24, 2.45) is 0 Å². The molecule has 0 saturated carbocycles. The number of benzene rings is 1. The van der Waals surface area contributed by atoms with E-state index in [2.05, 4.69) is 25.3 Å². The van der Waals surface area contributed by atoms with Crippen molar-refractivity contribution in [1.82, 2.24) is 25.1 Å². The van der Waals surface area contributed by atoms with Gasteiger partial charge in [0.15, 0.2) is 5.65 Å². The number of nitrogens with zero attached hydrogens (tertiary/aromatic N) is 5. The summed E-state index contributed by atoms with van der Waals surface area (Å²) in [5.74, 6) is 0.913. The van der Waals surface area contributed by atoms with Gasteiger partial charge in [0, 0.05) is 25.2 Å². The molecule has 0 bridgehead atoms. The fourth-order valence-electron chi connectivity index (χ4n) is 3.78. The summed E-state index contributed by atoms with van der Waals surface area (Å²) >= 11 is 0. The van der Waals surface area contributed by atoms with Crippen molar-refractivity contribution >= 4 is 22.8 Å². The molecule has 1 aromatic carbocycles. The lowest BCUT2D eigenvalue weighted by Gasteiger charge is -2.21.